The van der Waals surface area contributed by atoms with Gasteiger partial charge in [0, 0.05) is 12.4 Å². The topological polar surface area (TPSA) is 68.0 Å². The van der Waals surface area contributed by atoms with Crippen molar-refractivity contribution in [2.75, 3.05) is 7.05 Å². The van der Waals surface area contributed by atoms with Crippen molar-refractivity contribution >= 4 is 17.2 Å². The monoisotopic (exact) mass is 223 g/mol. The van der Waals surface area contributed by atoms with E-state index in [2.05, 4.69) is 15.5 Å². The molecule has 0 unspecified atom stereocenters. The zero-order chi connectivity index (χ0) is 10.7. The standard InChI is InChI=1S/C9H9N3O2S/c1-10-8(13)4-7-11-9(14-12-7)6-2-3-15-5-6/h2-3,5H,4H2,1H3,(H,10,13). The van der Waals surface area contributed by atoms with Crippen LogP contribution < -0.4 is 5.32 Å². The molecule has 0 aliphatic rings. The minimum atomic E-state index is -0.132. The Balaban J connectivity index is 2.14. The molecule has 5 nitrogen and oxygen atoms in total. The molecule has 0 radical (unpaired) electrons. The van der Waals surface area contributed by atoms with Gasteiger partial charge in [0.25, 0.3) is 5.89 Å². The van der Waals surface area contributed by atoms with E-state index in [4.69, 9.17) is 4.52 Å². The molecule has 0 bridgehead atoms. The first-order chi connectivity index (χ1) is 7.29. The Morgan fingerprint density at radius 2 is 2.53 bits per heavy atom. The van der Waals surface area contributed by atoms with Crippen LogP contribution in [-0.2, 0) is 11.2 Å². The van der Waals surface area contributed by atoms with Crippen molar-refractivity contribution in [2.45, 2.75) is 6.42 Å². The summed E-state index contributed by atoms with van der Waals surface area (Å²) < 4.78 is 5.02. The fourth-order valence-electron chi connectivity index (χ4n) is 1.06. The van der Waals surface area contributed by atoms with Crippen LogP contribution in [0.25, 0.3) is 11.5 Å². The Kier molecular flexibility index (Phi) is 2.77. The van der Waals surface area contributed by atoms with Crippen molar-refractivity contribution in [3.05, 3.63) is 22.7 Å². The highest BCUT2D eigenvalue weighted by molar-refractivity contribution is 7.08. The number of hydrogen-bond donors (Lipinski definition) is 1. The van der Waals surface area contributed by atoms with Crippen LogP contribution in [0.1, 0.15) is 5.82 Å². The van der Waals surface area contributed by atoms with Crippen molar-refractivity contribution < 1.29 is 9.32 Å². The van der Waals surface area contributed by atoms with Gasteiger partial charge in [-0.15, -0.1) is 0 Å². The Labute approximate surface area is 90.1 Å². The van der Waals surface area contributed by atoms with Crippen LogP contribution in [0.4, 0.5) is 0 Å². The van der Waals surface area contributed by atoms with E-state index in [1.54, 1.807) is 18.4 Å². The summed E-state index contributed by atoms with van der Waals surface area (Å²) in [5.41, 5.74) is 0.885. The molecule has 2 aromatic heterocycles. The number of aromatic nitrogens is 2. The largest absolute Gasteiger partial charge is 0.359 e. The lowest BCUT2D eigenvalue weighted by Crippen LogP contribution is -2.20. The Morgan fingerprint density at radius 3 is 3.20 bits per heavy atom. The maximum absolute atomic E-state index is 11.0. The lowest BCUT2D eigenvalue weighted by atomic mass is 10.3. The fourth-order valence-corrected chi connectivity index (χ4v) is 1.69. The summed E-state index contributed by atoms with van der Waals surface area (Å²) >= 11 is 1.56. The van der Waals surface area contributed by atoms with Crippen molar-refractivity contribution in [1.82, 2.24) is 15.5 Å². The highest BCUT2D eigenvalue weighted by atomic mass is 32.1. The maximum Gasteiger partial charge on any atom is 0.258 e. The molecule has 0 saturated carbocycles. The Bertz CT molecular complexity index is 450. The van der Waals surface area contributed by atoms with Gasteiger partial charge in [-0.25, -0.2) is 0 Å². The Hall–Kier alpha value is -1.69. The predicted octanol–water partition coefficient (Wildman–Crippen LogP) is 1.09. The molecule has 15 heavy (non-hydrogen) atoms. The fraction of sp³-hybridized carbons (Fsp3) is 0.222. The van der Waals surface area contributed by atoms with Crippen molar-refractivity contribution in [3.63, 3.8) is 0 Å². The minimum Gasteiger partial charge on any atom is -0.359 e. The third-order valence-electron chi connectivity index (χ3n) is 1.83. The van der Waals surface area contributed by atoms with Crippen LogP contribution in [-0.4, -0.2) is 23.1 Å². The highest BCUT2D eigenvalue weighted by Crippen LogP contribution is 2.19. The molecule has 78 valence electrons. The Morgan fingerprint density at radius 1 is 1.67 bits per heavy atom. The van der Waals surface area contributed by atoms with Crippen LogP contribution in [0.15, 0.2) is 21.3 Å². The zero-order valence-electron chi connectivity index (χ0n) is 8.06. The molecule has 2 rings (SSSR count). The summed E-state index contributed by atoms with van der Waals surface area (Å²) in [7, 11) is 1.57. The molecular weight excluding hydrogens is 214 g/mol. The second-order valence-corrected chi connectivity index (χ2v) is 3.66. The normalized spacial score (nSPS) is 10.2. The highest BCUT2D eigenvalue weighted by Gasteiger charge is 2.11. The van der Waals surface area contributed by atoms with Crippen LogP contribution in [0.3, 0.4) is 0 Å². The van der Waals surface area contributed by atoms with Crippen molar-refractivity contribution in [1.29, 1.82) is 0 Å². The van der Waals surface area contributed by atoms with Gasteiger partial charge in [-0.2, -0.15) is 16.3 Å². The van der Waals surface area contributed by atoms with Gasteiger partial charge in [0.15, 0.2) is 5.82 Å². The van der Waals surface area contributed by atoms with Gasteiger partial charge in [0.1, 0.15) is 0 Å². The van der Waals surface area contributed by atoms with Crippen LogP contribution in [0.2, 0.25) is 0 Å². The van der Waals surface area contributed by atoms with E-state index in [0.29, 0.717) is 11.7 Å². The SMILES string of the molecule is CNC(=O)Cc1noc(-c2ccsc2)n1. The third-order valence-corrected chi connectivity index (χ3v) is 2.52. The summed E-state index contributed by atoms with van der Waals surface area (Å²) in [6.07, 6.45) is 0.143. The van der Waals surface area contributed by atoms with Gasteiger partial charge in [0.05, 0.1) is 12.0 Å². The second kappa shape index (κ2) is 4.22. The van der Waals surface area contributed by atoms with E-state index in [9.17, 15) is 4.79 Å². The van der Waals surface area contributed by atoms with Crippen molar-refractivity contribution in [3.8, 4) is 11.5 Å². The molecule has 1 amide bonds. The predicted molar refractivity (Wildman–Crippen MR) is 55.4 cm³/mol. The molecule has 0 spiro atoms. The van der Waals surface area contributed by atoms with E-state index < -0.39 is 0 Å². The first-order valence-electron chi connectivity index (χ1n) is 4.35. The maximum atomic E-state index is 11.0. The number of nitrogens with zero attached hydrogens (tertiary/aromatic N) is 2. The number of carbonyl (C=O) groups excluding carboxylic acids is 1. The van der Waals surface area contributed by atoms with Crippen molar-refractivity contribution in [2.24, 2.45) is 0 Å². The van der Waals surface area contributed by atoms with Gasteiger partial charge < -0.3 is 9.84 Å². The van der Waals surface area contributed by atoms with Crippen LogP contribution in [0.5, 0.6) is 0 Å². The smallest absolute Gasteiger partial charge is 0.258 e. The van der Waals surface area contributed by atoms with Gasteiger partial charge in [-0.3, -0.25) is 4.79 Å². The molecule has 0 atom stereocenters. The molecule has 0 fully saturated rings. The molecular formula is C9H9N3O2S. The molecule has 1 N–H and O–H groups in total. The summed E-state index contributed by atoms with van der Waals surface area (Å²) in [4.78, 5) is 15.2. The number of hydrogen-bond acceptors (Lipinski definition) is 5. The first kappa shape index (κ1) is 9.85. The van der Waals surface area contributed by atoms with E-state index in [1.165, 1.54) is 0 Å². The molecule has 2 aromatic rings. The number of carbonyl (C=O) groups is 1. The molecule has 0 aromatic carbocycles. The minimum absolute atomic E-state index is 0.132. The number of likely N-dealkylation sites (N-methyl/N-ethyl adjacent to an activating group) is 1. The molecule has 0 saturated heterocycles. The molecule has 6 heteroatoms. The average Bonchev–Trinajstić information content (AvgIpc) is 2.85. The number of thiophene rings is 1. The number of amides is 1. The summed E-state index contributed by atoms with van der Waals surface area (Å²) in [6, 6.07) is 1.89. The quantitative estimate of drug-likeness (QED) is 0.845. The summed E-state index contributed by atoms with van der Waals surface area (Å²) in [6.45, 7) is 0. The molecule has 0 aliphatic carbocycles. The van der Waals surface area contributed by atoms with Crippen LogP contribution in [0, 0.1) is 0 Å². The third kappa shape index (κ3) is 2.21. The molecule has 2 heterocycles. The van der Waals surface area contributed by atoms with Gasteiger partial charge in [-0.1, -0.05) is 5.16 Å². The average molecular weight is 223 g/mol. The second-order valence-electron chi connectivity index (χ2n) is 2.88. The summed E-state index contributed by atoms with van der Waals surface area (Å²) in [5.74, 6) is 0.721. The lowest BCUT2D eigenvalue weighted by molar-refractivity contribution is -0.120. The first-order valence-corrected chi connectivity index (χ1v) is 5.29. The van der Waals surface area contributed by atoms with Gasteiger partial charge in [0.2, 0.25) is 5.91 Å². The van der Waals surface area contributed by atoms with Gasteiger partial charge in [-0.05, 0) is 11.4 Å². The van der Waals surface area contributed by atoms with Gasteiger partial charge >= 0.3 is 0 Å². The number of nitrogens with one attached hydrogen (secondary N) is 1. The molecule has 0 aliphatic heterocycles. The van der Waals surface area contributed by atoms with E-state index in [0.717, 1.165) is 5.56 Å². The van der Waals surface area contributed by atoms with E-state index >= 15 is 0 Å². The number of rotatable bonds is 3. The van der Waals surface area contributed by atoms with E-state index in [-0.39, 0.29) is 12.3 Å². The zero-order valence-corrected chi connectivity index (χ0v) is 8.87. The summed E-state index contributed by atoms with van der Waals surface area (Å²) in [5, 5.41) is 10.1. The van der Waals surface area contributed by atoms with E-state index in [1.807, 2.05) is 16.8 Å². The van der Waals surface area contributed by atoms with Crippen LogP contribution >= 0.6 is 11.3 Å². The lowest BCUT2D eigenvalue weighted by Gasteiger charge is -1.91.